The molecule has 0 radical (unpaired) electrons. The van der Waals surface area contributed by atoms with Crippen molar-refractivity contribution < 1.29 is 58.5 Å². The number of nitrogens with one attached hydrogen (secondary N) is 1. The Kier molecular flexibility index (Phi) is 9.54. The number of benzene rings is 4. The van der Waals surface area contributed by atoms with E-state index in [0.717, 1.165) is 42.5 Å². The van der Waals surface area contributed by atoms with Crippen molar-refractivity contribution in [1.29, 1.82) is 0 Å². The van der Waals surface area contributed by atoms with Crippen molar-refractivity contribution in [2.24, 2.45) is 0 Å². The third kappa shape index (κ3) is 9.30. The van der Waals surface area contributed by atoms with Gasteiger partial charge in [0.2, 0.25) is 0 Å². The number of alkyl halides is 9. The summed E-state index contributed by atoms with van der Waals surface area (Å²) in [6.07, 6.45) is -16.2. The van der Waals surface area contributed by atoms with Crippen molar-refractivity contribution >= 4 is 6.09 Å². The van der Waals surface area contributed by atoms with Crippen LogP contribution in [0.2, 0.25) is 0 Å². The highest BCUT2D eigenvalue weighted by molar-refractivity contribution is 5.71. The molecular formula is C31H22F9NO4. The van der Waals surface area contributed by atoms with Crippen molar-refractivity contribution in [3.8, 4) is 17.2 Å². The van der Waals surface area contributed by atoms with Crippen molar-refractivity contribution in [3.63, 3.8) is 0 Å². The minimum absolute atomic E-state index is 0.0802. The summed E-state index contributed by atoms with van der Waals surface area (Å²) in [6, 6.07) is 21.1. The quantitative estimate of drug-likeness (QED) is 0.185. The fraction of sp³-hybridized carbons (Fsp3) is 0.194. The van der Waals surface area contributed by atoms with Gasteiger partial charge in [0.25, 0.3) is 0 Å². The number of halogens is 9. The highest BCUT2D eigenvalue weighted by Crippen LogP contribution is 2.40. The first-order valence-corrected chi connectivity index (χ1v) is 12.9. The van der Waals surface area contributed by atoms with Gasteiger partial charge in [-0.25, -0.2) is 4.79 Å². The molecule has 0 fully saturated rings. The normalized spacial score (nSPS) is 12.4. The van der Waals surface area contributed by atoms with Gasteiger partial charge in [0, 0.05) is 12.0 Å². The van der Waals surface area contributed by atoms with Crippen molar-refractivity contribution in [3.05, 3.63) is 125 Å². The van der Waals surface area contributed by atoms with E-state index in [1.807, 2.05) is 0 Å². The molecule has 4 rings (SSSR count). The lowest BCUT2D eigenvalue weighted by atomic mass is 9.70. The van der Waals surface area contributed by atoms with Crippen LogP contribution < -0.4 is 19.5 Å². The zero-order valence-corrected chi connectivity index (χ0v) is 22.8. The van der Waals surface area contributed by atoms with Crippen LogP contribution in [0.3, 0.4) is 0 Å². The van der Waals surface area contributed by atoms with Crippen LogP contribution in [0.4, 0.5) is 44.3 Å². The molecule has 0 aliphatic carbocycles. The van der Waals surface area contributed by atoms with E-state index in [1.165, 1.54) is 24.3 Å². The Morgan fingerprint density at radius 2 is 1.04 bits per heavy atom. The number of hydrogen-bond acceptors (Lipinski definition) is 4. The van der Waals surface area contributed by atoms with Gasteiger partial charge in [-0.05, 0) is 65.6 Å². The number of carbonyl (C=O) groups excluding carboxylic acids is 1. The van der Waals surface area contributed by atoms with Gasteiger partial charge in [0.15, 0.2) is 0 Å². The molecule has 4 aromatic carbocycles. The second-order valence-corrected chi connectivity index (χ2v) is 9.66. The maximum Gasteiger partial charge on any atom is 0.573 e. The van der Waals surface area contributed by atoms with Gasteiger partial charge in [0.1, 0.15) is 17.2 Å². The smallest absolute Gasteiger partial charge is 0.410 e. The standard InChI is InChI=1S/C31H22F9NO4/c32-29(33,34)23-11-6-12-24(17-23)43-27(42)41-19-28(18-20-7-2-1-3-8-20,21-9-4-13-25(15-21)44-30(35,36)37)22-10-5-14-26(16-22)45-31(38,39)40/h1-17H,18-19H2,(H,41,42). The zero-order chi connectivity index (χ0) is 32.9. The summed E-state index contributed by atoms with van der Waals surface area (Å²) in [5, 5.41) is 2.41. The first-order chi connectivity index (χ1) is 21.0. The first-order valence-electron chi connectivity index (χ1n) is 12.9. The molecule has 1 amide bonds. The molecule has 14 heteroatoms. The molecule has 0 saturated carbocycles. The topological polar surface area (TPSA) is 56.8 Å². The highest BCUT2D eigenvalue weighted by atomic mass is 19.4. The van der Waals surface area contributed by atoms with E-state index in [-0.39, 0.29) is 17.5 Å². The molecule has 45 heavy (non-hydrogen) atoms. The minimum atomic E-state index is -5.08. The molecule has 0 saturated heterocycles. The van der Waals surface area contributed by atoms with Gasteiger partial charge in [-0.2, -0.15) is 13.2 Å². The lowest BCUT2D eigenvalue weighted by Gasteiger charge is -2.36. The van der Waals surface area contributed by atoms with Gasteiger partial charge in [0.05, 0.1) is 5.56 Å². The Bertz CT molecular complexity index is 1540. The summed E-state index contributed by atoms with van der Waals surface area (Å²) >= 11 is 0. The predicted molar refractivity (Wildman–Crippen MR) is 143 cm³/mol. The van der Waals surface area contributed by atoms with Crippen molar-refractivity contribution in [1.82, 2.24) is 5.32 Å². The van der Waals surface area contributed by atoms with Gasteiger partial charge in [-0.1, -0.05) is 60.7 Å². The molecule has 0 bridgehead atoms. The van der Waals surface area contributed by atoms with Crippen LogP contribution in [0.1, 0.15) is 22.3 Å². The summed E-state index contributed by atoms with van der Waals surface area (Å²) in [5.41, 5.74) is -1.97. The summed E-state index contributed by atoms with van der Waals surface area (Å²) < 4.78 is 131. The second-order valence-electron chi connectivity index (χ2n) is 9.66. The number of amides is 1. The lowest BCUT2D eigenvalue weighted by molar-refractivity contribution is -0.275. The molecule has 238 valence electrons. The van der Waals surface area contributed by atoms with E-state index in [9.17, 15) is 44.3 Å². The second kappa shape index (κ2) is 13.0. The van der Waals surface area contributed by atoms with E-state index < -0.39 is 59.8 Å². The average Bonchev–Trinajstić information content (AvgIpc) is 2.94. The van der Waals surface area contributed by atoms with Crippen LogP contribution in [0.15, 0.2) is 103 Å². The Morgan fingerprint density at radius 3 is 1.53 bits per heavy atom. The number of carbonyl (C=O) groups is 1. The molecule has 0 atom stereocenters. The van der Waals surface area contributed by atoms with Gasteiger partial charge in [-0.15, -0.1) is 26.3 Å². The Balaban J connectivity index is 1.80. The molecule has 0 aliphatic rings. The third-order valence-electron chi connectivity index (χ3n) is 6.50. The molecule has 5 nitrogen and oxygen atoms in total. The maximum absolute atomic E-state index is 13.1. The van der Waals surface area contributed by atoms with E-state index in [4.69, 9.17) is 4.74 Å². The van der Waals surface area contributed by atoms with Crippen LogP contribution in [-0.4, -0.2) is 25.4 Å². The van der Waals surface area contributed by atoms with Crippen molar-refractivity contribution in [2.45, 2.75) is 30.7 Å². The van der Waals surface area contributed by atoms with Gasteiger partial charge in [-0.3, -0.25) is 0 Å². The summed E-state index contributed by atoms with van der Waals surface area (Å²) in [5.74, 6) is -1.75. The van der Waals surface area contributed by atoms with E-state index >= 15 is 0 Å². The number of rotatable bonds is 9. The Hall–Kier alpha value is -4.88. The third-order valence-corrected chi connectivity index (χ3v) is 6.50. The van der Waals surface area contributed by atoms with Gasteiger partial charge >= 0.3 is 25.0 Å². The Morgan fingerprint density at radius 1 is 0.578 bits per heavy atom. The van der Waals surface area contributed by atoms with E-state index in [2.05, 4.69) is 14.8 Å². The summed E-state index contributed by atoms with van der Waals surface area (Å²) in [7, 11) is 0. The molecule has 0 unspecified atom stereocenters. The molecule has 0 heterocycles. The fourth-order valence-electron chi connectivity index (χ4n) is 4.67. The van der Waals surface area contributed by atoms with Crippen molar-refractivity contribution in [2.75, 3.05) is 6.54 Å². The van der Waals surface area contributed by atoms with Crippen LogP contribution in [0.5, 0.6) is 17.2 Å². The molecule has 4 aromatic rings. The average molecular weight is 644 g/mol. The molecular weight excluding hydrogens is 621 g/mol. The first kappa shape index (κ1) is 33.0. The SMILES string of the molecule is O=C(NCC(Cc1ccccc1)(c1cccc(OC(F)(F)F)c1)c1cccc(OC(F)(F)F)c1)Oc1cccc(C(F)(F)F)c1. The van der Waals surface area contributed by atoms with Crippen LogP contribution in [0.25, 0.3) is 0 Å². The molecule has 0 spiro atoms. The molecule has 0 aromatic heterocycles. The minimum Gasteiger partial charge on any atom is -0.410 e. The monoisotopic (exact) mass is 643 g/mol. The molecule has 0 aliphatic heterocycles. The molecule has 1 N–H and O–H groups in total. The zero-order valence-electron chi connectivity index (χ0n) is 22.8. The Labute approximate surface area is 250 Å². The summed E-state index contributed by atoms with van der Waals surface area (Å²) in [6.45, 7) is -0.509. The van der Waals surface area contributed by atoms with Crippen LogP contribution >= 0.6 is 0 Å². The maximum atomic E-state index is 13.1. The summed E-state index contributed by atoms with van der Waals surface area (Å²) in [4.78, 5) is 12.9. The van der Waals surface area contributed by atoms with E-state index in [1.54, 1.807) is 30.3 Å². The van der Waals surface area contributed by atoms with Crippen LogP contribution in [0, 0.1) is 0 Å². The largest absolute Gasteiger partial charge is 0.573 e. The van der Waals surface area contributed by atoms with E-state index in [0.29, 0.717) is 11.6 Å². The number of hydrogen-bond donors (Lipinski definition) is 1. The van der Waals surface area contributed by atoms with Crippen LogP contribution in [-0.2, 0) is 18.0 Å². The predicted octanol–water partition coefficient (Wildman–Crippen LogP) is 8.82. The van der Waals surface area contributed by atoms with Gasteiger partial charge < -0.3 is 19.5 Å². The highest BCUT2D eigenvalue weighted by Gasteiger charge is 2.39. The number of ether oxygens (including phenoxy) is 3. The lowest BCUT2D eigenvalue weighted by Crippen LogP contribution is -2.44. The fourth-order valence-corrected chi connectivity index (χ4v) is 4.67.